The SMILES string of the molecule is O=C1CC=CC(SCC(=O)NC2C3CC4CC(C3)CC2C4)=N1. The van der Waals surface area contributed by atoms with Crippen molar-refractivity contribution in [3.8, 4) is 0 Å². The first-order valence-corrected chi connectivity index (χ1v) is 9.36. The van der Waals surface area contributed by atoms with Crippen molar-refractivity contribution in [3.05, 3.63) is 12.2 Å². The second-order valence-electron chi connectivity index (χ2n) is 7.26. The van der Waals surface area contributed by atoms with E-state index >= 15 is 0 Å². The fourth-order valence-corrected chi connectivity index (χ4v) is 5.80. The molecule has 4 saturated carbocycles. The van der Waals surface area contributed by atoms with E-state index in [1.54, 1.807) is 0 Å². The van der Waals surface area contributed by atoms with Crippen LogP contribution in [0.1, 0.15) is 38.5 Å². The zero-order valence-electron chi connectivity index (χ0n) is 12.7. The van der Waals surface area contributed by atoms with Gasteiger partial charge in [0.2, 0.25) is 5.91 Å². The Hall–Kier alpha value is -1.10. The number of thioether (sulfide) groups is 1. The summed E-state index contributed by atoms with van der Waals surface area (Å²) in [6, 6.07) is 0.395. The Balaban J connectivity index is 1.31. The zero-order valence-corrected chi connectivity index (χ0v) is 13.5. The van der Waals surface area contributed by atoms with Crippen LogP contribution in [0.5, 0.6) is 0 Å². The van der Waals surface area contributed by atoms with Crippen LogP contribution < -0.4 is 5.32 Å². The molecule has 0 spiro atoms. The lowest BCUT2D eigenvalue weighted by molar-refractivity contribution is -0.122. The van der Waals surface area contributed by atoms with E-state index in [-0.39, 0.29) is 11.8 Å². The van der Waals surface area contributed by atoms with Gasteiger partial charge in [-0.2, -0.15) is 0 Å². The van der Waals surface area contributed by atoms with Crippen LogP contribution in [0.3, 0.4) is 0 Å². The molecule has 5 rings (SSSR count). The molecular formula is C17H22N2O2S. The van der Waals surface area contributed by atoms with E-state index < -0.39 is 0 Å². The van der Waals surface area contributed by atoms with Crippen LogP contribution in [0.4, 0.5) is 0 Å². The molecule has 0 saturated heterocycles. The summed E-state index contributed by atoms with van der Waals surface area (Å²) in [6.07, 6.45) is 10.7. The minimum Gasteiger partial charge on any atom is -0.352 e. The van der Waals surface area contributed by atoms with Crippen LogP contribution in [-0.2, 0) is 9.59 Å². The molecule has 2 amide bonds. The van der Waals surface area contributed by atoms with Gasteiger partial charge in [-0.3, -0.25) is 9.59 Å². The lowest BCUT2D eigenvalue weighted by Gasteiger charge is -2.54. The monoisotopic (exact) mass is 318 g/mol. The van der Waals surface area contributed by atoms with Gasteiger partial charge in [0, 0.05) is 12.5 Å². The molecular weight excluding hydrogens is 296 g/mol. The van der Waals surface area contributed by atoms with Crippen LogP contribution in [0.2, 0.25) is 0 Å². The van der Waals surface area contributed by atoms with Gasteiger partial charge in [0.05, 0.1) is 5.75 Å². The van der Waals surface area contributed by atoms with Gasteiger partial charge in [-0.15, -0.1) is 0 Å². The first-order valence-electron chi connectivity index (χ1n) is 8.37. The van der Waals surface area contributed by atoms with Crippen molar-refractivity contribution >= 4 is 28.6 Å². The number of carbonyl (C=O) groups excluding carboxylic acids is 2. The third-order valence-electron chi connectivity index (χ3n) is 5.69. The number of carbonyl (C=O) groups is 2. The van der Waals surface area contributed by atoms with Crippen molar-refractivity contribution < 1.29 is 9.59 Å². The summed E-state index contributed by atoms with van der Waals surface area (Å²) in [7, 11) is 0. The average molecular weight is 318 g/mol. The smallest absolute Gasteiger partial charge is 0.250 e. The lowest BCUT2D eigenvalue weighted by atomic mass is 9.54. The fourth-order valence-electron chi connectivity index (χ4n) is 5.07. The third-order valence-corrected chi connectivity index (χ3v) is 6.62. The van der Waals surface area contributed by atoms with Crippen LogP contribution in [0.15, 0.2) is 17.1 Å². The first kappa shape index (κ1) is 14.5. The highest BCUT2D eigenvalue weighted by Gasteiger charge is 2.48. The molecule has 22 heavy (non-hydrogen) atoms. The zero-order chi connectivity index (χ0) is 15.1. The third kappa shape index (κ3) is 2.87. The number of hydrogen-bond acceptors (Lipinski definition) is 3. The summed E-state index contributed by atoms with van der Waals surface area (Å²) < 4.78 is 0. The van der Waals surface area contributed by atoms with E-state index in [2.05, 4.69) is 10.3 Å². The molecule has 0 aromatic heterocycles. The van der Waals surface area contributed by atoms with E-state index in [9.17, 15) is 9.59 Å². The van der Waals surface area contributed by atoms with Crippen LogP contribution in [-0.4, -0.2) is 28.7 Å². The Morgan fingerprint density at radius 3 is 2.50 bits per heavy atom. The van der Waals surface area contributed by atoms with E-state index in [1.807, 2.05) is 12.2 Å². The number of dihydropyridines is 1. The molecule has 0 radical (unpaired) electrons. The molecule has 4 bridgehead atoms. The maximum Gasteiger partial charge on any atom is 0.250 e. The van der Waals surface area contributed by atoms with Crippen molar-refractivity contribution in [2.45, 2.75) is 44.6 Å². The van der Waals surface area contributed by atoms with E-state index in [0.717, 1.165) is 11.8 Å². The predicted molar refractivity (Wildman–Crippen MR) is 87.6 cm³/mol. The standard InChI is InChI=1S/C17H22N2O2S/c20-14-2-1-3-16(18-14)22-9-15(21)19-17-12-5-10-4-11(7-12)8-13(17)6-10/h1,3,10-13,17H,2,4-9H2,(H,19,21). The summed E-state index contributed by atoms with van der Waals surface area (Å²) in [5.74, 6) is 3.61. The van der Waals surface area contributed by atoms with E-state index in [1.165, 1.54) is 43.9 Å². The summed E-state index contributed by atoms with van der Waals surface area (Å²) in [4.78, 5) is 27.5. The number of rotatable bonds is 3. The second kappa shape index (κ2) is 5.84. The number of hydrogen-bond donors (Lipinski definition) is 1. The van der Waals surface area contributed by atoms with Crippen molar-refractivity contribution in [1.82, 2.24) is 5.32 Å². The summed E-state index contributed by atoms with van der Waals surface area (Å²) in [6.45, 7) is 0. The highest BCUT2D eigenvalue weighted by atomic mass is 32.2. The van der Waals surface area contributed by atoms with Gasteiger partial charge < -0.3 is 5.32 Å². The molecule has 5 aliphatic rings. The summed E-state index contributed by atoms with van der Waals surface area (Å²) >= 11 is 1.37. The van der Waals surface area contributed by atoms with Crippen molar-refractivity contribution in [2.24, 2.45) is 28.7 Å². The molecule has 0 unspecified atom stereocenters. The van der Waals surface area contributed by atoms with Gasteiger partial charge in [0.1, 0.15) is 5.04 Å². The van der Waals surface area contributed by atoms with Crippen LogP contribution in [0.25, 0.3) is 0 Å². The fraction of sp³-hybridized carbons (Fsp3) is 0.706. The molecule has 0 aromatic carbocycles. The maximum absolute atomic E-state index is 12.3. The molecule has 118 valence electrons. The molecule has 1 N–H and O–H groups in total. The van der Waals surface area contributed by atoms with Gasteiger partial charge in [0.15, 0.2) is 0 Å². The topological polar surface area (TPSA) is 58.5 Å². The summed E-state index contributed by atoms with van der Waals surface area (Å²) in [5.41, 5.74) is 0. The highest BCUT2D eigenvalue weighted by Crippen LogP contribution is 2.53. The second-order valence-corrected chi connectivity index (χ2v) is 8.26. The Kier molecular flexibility index (Phi) is 3.84. The average Bonchev–Trinajstić information content (AvgIpc) is 2.48. The molecule has 1 aliphatic heterocycles. The van der Waals surface area contributed by atoms with Gasteiger partial charge in [0.25, 0.3) is 5.91 Å². The van der Waals surface area contributed by atoms with Crippen molar-refractivity contribution in [1.29, 1.82) is 0 Å². The van der Waals surface area contributed by atoms with E-state index in [4.69, 9.17) is 0 Å². The molecule has 0 atom stereocenters. The Bertz CT molecular complexity index is 527. The first-order chi connectivity index (χ1) is 10.7. The Morgan fingerprint density at radius 2 is 1.86 bits per heavy atom. The maximum atomic E-state index is 12.3. The normalized spacial score (nSPS) is 39.0. The minimum atomic E-state index is -0.119. The number of nitrogens with one attached hydrogen (secondary N) is 1. The van der Waals surface area contributed by atoms with Gasteiger partial charge in [-0.05, 0) is 61.9 Å². The van der Waals surface area contributed by atoms with Crippen LogP contribution in [0, 0.1) is 23.7 Å². The quantitative estimate of drug-likeness (QED) is 0.870. The van der Waals surface area contributed by atoms with Gasteiger partial charge >= 0.3 is 0 Å². The van der Waals surface area contributed by atoms with Gasteiger partial charge in [-0.25, -0.2) is 4.99 Å². The predicted octanol–water partition coefficient (Wildman–Crippen LogP) is 2.55. The summed E-state index contributed by atoms with van der Waals surface area (Å²) in [5, 5.41) is 3.95. The molecule has 0 aromatic rings. The van der Waals surface area contributed by atoms with Crippen LogP contribution >= 0.6 is 11.8 Å². The lowest BCUT2D eigenvalue weighted by Crippen LogP contribution is -2.56. The molecule has 5 heteroatoms. The number of aliphatic imine (C=N–C) groups is 1. The number of amides is 2. The molecule has 4 nitrogen and oxygen atoms in total. The van der Waals surface area contributed by atoms with Gasteiger partial charge in [-0.1, -0.05) is 17.8 Å². The van der Waals surface area contributed by atoms with Crippen molar-refractivity contribution in [2.75, 3.05) is 5.75 Å². The molecule has 4 aliphatic carbocycles. The largest absolute Gasteiger partial charge is 0.352 e. The number of nitrogens with zero attached hydrogens (tertiary/aromatic N) is 1. The molecule has 1 heterocycles. The minimum absolute atomic E-state index is 0.0941. The molecule has 4 fully saturated rings. The highest BCUT2D eigenvalue weighted by molar-refractivity contribution is 8.14. The van der Waals surface area contributed by atoms with E-state index in [0.29, 0.717) is 35.1 Å². The Morgan fingerprint density at radius 1 is 1.18 bits per heavy atom. The Labute approximate surface area is 135 Å². The van der Waals surface area contributed by atoms with Crippen molar-refractivity contribution in [3.63, 3.8) is 0 Å².